The van der Waals surface area contributed by atoms with Crippen molar-refractivity contribution in [2.75, 3.05) is 6.54 Å². The van der Waals surface area contributed by atoms with E-state index in [9.17, 15) is 18.3 Å². The molecule has 0 amide bonds. The molecular weight excluding hydrogens is 244 g/mol. The lowest BCUT2D eigenvalue weighted by Gasteiger charge is -2.40. The average molecular weight is 262 g/mol. The molecule has 0 radical (unpaired) electrons. The van der Waals surface area contributed by atoms with Gasteiger partial charge in [0.1, 0.15) is 5.54 Å². The molecule has 7 heteroatoms. The van der Waals surface area contributed by atoms with E-state index in [-0.39, 0.29) is 12.6 Å². The number of hydrogen-bond acceptors (Lipinski definition) is 3. The first-order valence-corrected chi connectivity index (χ1v) is 7.34. The first kappa shape index (κ1) is 12.8. The summed E-state index contributed by atoms with van der Waals surface area (Å²) >= 11 is 0. The highest BCUT2D eigenvalue weighted by atomic mass is 32.2. The molecule has 1 aliphatic carbocycles. The van der Waals surface area contributed by atoms with Crippen molar-refractivity contribution >= 4 is 16.2 Å². The van der Waals surface area contributed by atoms with Crippen LogP contribution in [0.25, 0.3) is 0 Å². The van der Waals surface area contributed by atoms with Gasteiger partial charge in [0.05, 0.1) is 0 Å². The highest BCUT2D eigenvalue weighted by Gasteiger charge is 2.48. The summed E-state index contributed by atoms with van der Waals surface area (Å²) in [5, 5.41) is 9.25. The van der Waals surface area contributed by atoms with E-state index >= 15 is 0 Å². The maximum Gasteiger partial charge on any atom is 0.324 e. The zero-order chi connectivity index (χ0) is 12.7. The second-order valence-corrected chi connectivity index (χ2v) is 6.63. The number of piperidine rings is 1. The van der Waals surface area contributed by atoms with Gasteiger partial charge in [0.2, 0.25) is 0 Å². The Morgan fingerprint density at radius 1 is 1.41 bits per heavy atom. The van der Waals surface area contributed by atoms with Crippen LogP contribution in [-0.2, 0) is 15.0 Å². The summed E-state index contributed by atoms with van der Waals surface area (Å²) in [4.78, 5) is 11.3. The summed E-state index contributed by atoms with van der Waals surface area (Å²) < 4.78 is 27.9. The Labute approximate surface area is 101 Å². The van der Waals surface area contributed by atoms with Crippen LogP contribution >= 0.6 is 0 Å². The normalized spacial score (nSPS) is 31.4. The van der Waals surface area contributed by atoms with Crippen molar-refractivity contribution in [1.29, 1.82) is 0 Å². The Morgan fingerprint density at radius 2 is 2.06 bits per heavy atom. The maximum atomic E-state index is 12.1. The van der Waals surface area contributed by atoms with Crippen LogP contribution in [0.5, 0.6) is 0 Å². The van der Waals surface area contributed by atoms with Crippen LogP contribution in [0.15, 0.2) is 0 Å². The van der Waals surface area contributed by atoms with Gasteiger partial charge in [0.15, 0.2) is 0 Å². The quantitative estimate of drug-likeness (QED) is 0.763. The standard InChI is InChI=1S/C10H18N2O4S/c1-10(9(13)14)6-2-3-7-12(10)17(15,16)11-8-4-5-8/h8,11H,2-7H2,1H3,(H,13,14). The van der Waals surface area contributed by atoms with E-state index in [4.69, 9.17) is 0 Å². The lowest BCUT2D eigenvalue weighted by atomic mass is 9.91. The maximum absolute atomic E-state index is 12.1. The monoisotopic (exact) mass is 262 g/mol. The predicted molar refractivity (Wildman–Crippen MR) is 61.7 cm³/mol. The van der Waals surface area contributed by atoms with Crippen molar-refractivity contribution in [3.8, 4) is 0 Å². The van der Waals surface area contributed by atoms with Crippen molar-refractivity contribution in [2.24, 2.45) is 0 Å². The Bertz CT molecular complexity index is 418. The third-order valence-electron chi connectivity index (χ3n) is 3.47. The number of carboxylic acid groups (broad SMARTS) is 1. The molecule has 1 aliphatic heterocycles. The number of aliphatic carboxylic acids is 1. The summed E-state index contributed by atoms with van der Waals surface area (Å²) in [5.41, 5.74) is -1.31. The van der Waals surface area contributed by atoms with Crippen LogP contribution in [0.3, 0.4) is 0 Å². The highest BCUT2D eigenvalue weighted by molar-refractivity contribution is 7.87. The molecule has 17 heavy (non-hydrogen) atoms. The summed E-state index contributed by atoms with van der Waals surface area (Å²) in [7, 11) is -3.67. The largest absolute Gasteiger partial charge is 0.480 e. The molecule has 2 rings (SSSR count). The summed E-state index contributed by atoms with van der Waals surface area (Å²) in [6, 6.07) is -0.0000265. The van der Waals surface area contributed by atoms with E-state index in [1.54, 1.807) is 0 Å². The van der Waals surface area contributed by atoms with E-state index < -0.39 is 21.7 Å². The molecule has 1 heterocycles. The summed E-state index contributed by atoms with van der Waals surface area (Å²) in [6.45, 7) is 1.77. The molecule has 0 spiro atoms. The van der Waals surface area contributed by atoms with Gasteiger partial charge in [-0.25, -0.2) is 0 Å². The fraction of sp³-hybridized carbons (Fsp3) is 0.900. The Morgan fingerprint density at radius 3 is 2.59 bits per heavy atom. The number of carbonyl (C=O) groups is 1. The third kappa shape index (κ3) is 2.46. The van der Waals surface area contributed by atoms with Crippen LogP contribution in [0.2, 0.25) is 0 Å². The van der Waals surface area contributed by atoms with Crippen LogP contribution in [0.1, 0.15) is 39.0 Å². The van der Waals surface area contributed by atoms with Gasteiger partial charge in [0.25, 0.3) is 10.2 Å². The van der Waals surface area contributed by atoms with Crippen LogP contribution in [-0.4, -0.2) is 41.9 Å². The molecule has 98 valence electrons. The second kappa shape index (κ2) is 4.22. The first-order valence-electron chi connectivity index (χ1n) is 5.90. The van der Waals surface area contributed by atoms with E-state index in [2.05, 4.69) is 4.72 Å². The molecule has 0 aromatic heterocycles. The van der Waals surface area contributed by atoms with Gasteiger partial charge < -0.3 is 5.11 Å². The van der Waals surface area contributed by atoms with Crippen molar-refractivity contribution in [1.82, 2.24) is 9.03 Å². The van der Waals surface area contributed by atoms with E-state index in [0.717, 1.165) is 23.6 Å². The van der Waals surface area contributed by atoms with Gasteiger partial charge in [-0.1, -0.05) is 0 Å². The molecule has 1 atom stereocenters. The van der Waals surface area contributed by atoms with Gasteiger partial charge in [-0.05, 0) is 39.0 Å². The Balaban J connectivity index is 2.23. The van der Waals surface area contributed by atoms with E-state index in [1.807, 2.05) is 0 Å². The number of carboxylic acids is 1. The topological polar surface area (TPSA) is 86.7 Å². The van der Waals surface area contributed by atoms with Crippen molar-refractivity contribution in [3.05, 3.63) is 0 Å². The van der Waals surface area contributed by atoms with Crippen molar-refractivity contribution in [2.45, 2.75) is 50.6 Å². The smallest absolute Gasteiger partial charge is 0.324 e. The molecule has 6 nitrogen and oxygen atoms in total. The van der Waals surface area contributed by atoms with Crippen LogP contribution in [0, 0.1) is 0 Å². The second-order valence-electron chi connectivity index (χ2n) is 5.01. The number of nitrogens with zero attached hydrogens (tertiary/aromatic N) is 1. The molecule has 2 aliphatic rings. The van der Waals surface area contributed by atoms with Gasteiger partial charge in [-0.2, -0.15) is 17.4 Å². The van der Waals surface area contributed by atoms with Crippen LogP contribution < -0.4 is 4.72 Å². The van der Waals surface area contributed by atoms with Gasteiger partial charge in [-0.15, -0.1) is 0 Å². The highest BCUT2D eigenvalue weighted by Crippen LogP contribution is 2.31. The lowest BCUT2D eigenvalue weighted by Crippen LogP contribution is -2.60. The zero-order valence-electron chi connectivity index (χ0n) is 9.85. The van der Waals surface area contributed by atoms with Crippen LogP contribution in [0.4, 0.5) is 0 Å². The average Bonchev–Trinajstić information content (AvgIpc) is 3.01. The predicted octanol–water partition coefficient (Wildman–Crippen LogP) is 0.312. The van der Waals surface area contributed by atoms with E-state index in [1.165, 1.54) is 6.92 Å². The zero-order valence-corrected chi connectivity index (χ0v) is 10.7. The molecular formula is C10H18N2O4S. The van der Waals surface area contributed by atoms with E-state index in [0.29, 0.717) is 12.8 Å². The minimum atomic E-state index is -3.67. The fourth-order valence-electron chi connectivity index (χ4n) is 2.17. The SMILES string of the molecule is CC1(C(=O)O)CCCCN1S(=O)(=O)NC1CC1. The molecule has 2 N–H and O–H groups in total. The molecule has 0 aromatic rings. The summed E-state index contributed by atoms with van der Waals surface area (Å²) in [6.07, 6.45) is 3.52. The Kier molecular flexibility index (Phi) is 3.17. The number of nitrogens with one attached hydrogen (secondary N) is 1. The fourth-order valence-corrected chi connectivity index (χ4v) is 4.02. The minimum Gasteiger partial charge on any atom is -0.480 e. The number of rotatable bonds is 4. The third-order valence-corrected chi connectivity index (χ3v) is 5.27. The number of hydrogen-bond donors (Lipinski definition) is 2. The molecule has 1 saturated heterocycles. The van der Waals surface area contributed by atoms with Gasteiger partial charge in [-0.3, -0.25) is 4.79 Å². The molecule has 0 aromatic carbocycles. The Hall–Kier alpha value is -0.660. The van der Waals surface area contributed by atoms with Crippen molar-refractivity contribution < 1.29 is 18.3 Å². The van der Waals surface area contributed by atoms with Crippen molar-refractivity contribution in [3.63, 3.8) is 0 Å². The first-order chi connectivity index (χ1) is 7.86. The lowest BCUT2D eigenvalue weighted by molar-refractivity contribution is -0.149. The molecule has 1 saturated carbocycles. The van der Waals surface area contributed by atoms with Gasteiger partial charge in [0, 0.05) is 12.6 Å². The molecule has 2 fully saturated rings. The minimum absolute atomic E-state index is 0.0000265. The van der Waals surface area contributed by atoms with Gasteiger partial charge >= 0.3 is 5.97 Å². The molecule has 0 bridgehead atoms. The summed E-state index contributed by atoms with van der Waals surface area (Å²) in [5.74, 6) is -1.07. The molecule has 1 unspecified atom stereocenters.